The Balaban J connectivity index is 0. The second-order valence-corrected chi connectivity index (χ2v) is 1.29. The van der Waals surface area contributed by atoms with Gasteiger partial charge < -0.3 is 10.8 Å². The van der Waals surface area contributed by atoms with Crippen molar-refractivity contribution >= 4 is 5.97 Å². The Labute approximate surface area is 59.0 Å². The van der Waals surface area contributed by atoms with Crippen LogP contribution in [0.25, 0.3) is 0 Å². The third-order valence-corrected chi connectivity index (χ3v) is 0.595. The molecule has 8 heavy (non-hydrogen) atoms. The molecular weight excluding hydrogens is 146 g/mol. The summed E-state index contributed by atoms with van der Waals surface area (Å²) < 4.78 is 0. The summed E-state index contributed by atoms with van der Waals surface area (Å²) in [6, 6.07) is 0. The van der Waals surface area contributed by atoms with Gasteiger partial charge in [0.05, 0.1) is 0 Å². The van der Waals surface area contributed by atoms with Crippen LogP contribution in [0.5, 0.6) is 0 Å². The summed E-state index contributed by atoms with van der Waals surface area (Å²) in [5, 5.41) is 7.99. The van der Waals surface area contributed by atoms with Gasteiger partial charge in [-0.3, -0.25) is 4.79 Å². The number of nitrogens with two attached hydrogens (primary N) is 1. The van der Waals surface area contributed by atoms with Crippen LogP contribution in [0.4, 0.5) is 0 Å². The van der Waals surface area contributed by atoms with Crippen LogP contribution < -0.4 is 5.73 Å². The van der Waals surface area contributed by atoms with Gasteiger partial charge in [0, 0.05) is 6.42 Å². The molecule has 0 heterocycles. The van der Waals surface area contributed by atoms with E-state index in [0.29, 0.717) is 13.0 Å². The Morgan fingerprint density at radius 2 is 2.12 bits per heavy atom. The minimum Gasteiger partial charge on any atom is -0.481 e. The van der Waals surface area contributed by atoms with Crippen LogP contribution in [-0.4, -0.2) is 17.6 Å². The zero-order chi connectivity index (χ0) is 5.70. The van der Waals surface area contributed by atoms with Gasteiger partial charge in [-0.1, -0.05) is 0 Å². The number of hydrogen-bond acceptors (Lipinski definition) is 2. The molecule has 0 fully saturated rings. The van der Waals surface area contributed by atoms with Crippen molar-refractivity contribution in [2.75, 3.05) is 6.54 Å². The van der Waals surface area contributed by atoms with Crippen molar-refractivity contribution in [2.24, 2.45) is 5.73 Å². The first-order valence-electron chi connectivity index (χ1n) is 2.19. The van der Waals surface area contributed by atoms with Gasteiger partial charge in [0.1, 0.15) is 0 Å². The van der Waals surface area contributed by atoms with E-state index in [1.54, 1.807) is 0 Å². The zero-order valence-corrected chi connectivity index (χ0v) is 5.74. The number of aliphatic carboxylic acids is 1. The Hall–Kier alpha value is -0.0375. The average Bonchev–Trinajstić information content (AvgIpc) is 1.61. The molecule has 0 saturated heterocycles. The van der Waals surface area contributed by atoms with Crippen LogP contribution in [-0.2, 0) is 22.2 Å². The second-order valence-electron chi connectivity index (χ2n) is 1.29. The average molecular weight is 155 g/mol. The van der Waals surface area contributed by atoms with Crippen molar-refractivity contribution in [3.63, 3.8) is 0 Å². The van der Waals surface area contributed by atoms with Gasteiger partial charge >= 0.3 is 23.3 Å². The summed E-state index contributed by atoms with van der Waals surface area (Å²) in [4.78, 5) is 9.70. The molecule has 0 aliphatic carbocycles. The normalized spacial score (nSPS) is 7.62. The molecule has 0 rings (SSSR count). The molecule has 0 aliphatic rings. The summed E-state index contributed by atoms with van der Waals surface area (Å²) in [7, 11) is 0. The first-order chi connectivity index (χ1) is 3.27. The van der Waals surface area contributed by atoms with Crippen molar-refractivity contribution in [3.05, 3.63) is 0 Å². The standard InChI is InChI=1S/C4H9NO2.Cr/c5-3-1-2-4(6)7;/h1-3,5H2,(H,6,7);/q;+3. The number of hydrogen-bond donors (Lipinski definition) is 2. The van der Waals surface area contributed by atoms with E-state index in [1.807, 2.05) is 0 Å². The van der Waals surface area contributed by atoms with Gasteiger partial charge in [-0.15, -0.1) is 0 Å². The Morgan fingerprint density at radius 1 is 1.62 bits per heavy atom. The van der Waals surface area contributed by atoms with E-state index in [1.165, 1.54) is 0 Å². The van der Waals surface area contributed by atoms with Crippen LogP contribution in [0.3, 0.4) is 0 Å². The maximum absolute atomic E-state index is 9.70. The van der Waals surface area contributed by atoms with E-state index in [9.17, 15) is 4.79 Å². The molecule has 0 aromatic rings. The predicted octanol–water partition coefficient (Wildman–Crippen LogP) is -0.193. The molecule has 0 unspecified atom stereocenters. The maximum atomic E-state index is 9.70. The Kier molecular flexibility index (Phi) is 9.45. The molecular formula is C4H9CrNO2+3. The Morgan fingerprint density at radius 3 is 2.25 bits per heavy atom. The van der Waals surface area contributed by atoms with Crippen molar-refractivity contribution < 1.29 is 27.3 Å². The molecule has 45 valence electrons. The molecule has 0 aromatic heterocycles. The van der Waals surface area contributed by atoms with E-state index in [2.05, 4.69) is 0 Å². The molecule has 3 N–H and O–H groups in total. The van der Waals surface area contributed by atoms with Crippen LogP contribution in [0, 0.1) is 0 Å². The van der Waals surface area contributed by atoms with Gasteiger partial charge in [-0.25, -0.2) is 0 Å². The summed E-state index contributed by atoms with van der Waals surface area (Å²) in [5.41, 5.74) is 5.01. The Bertz CT molecular complexity index is 67.1. The smallest absolute Gasteiger partial charge is 0.481 e. The topological polar surface area (TPSA) is 63.3 Å². The third kappa shape index (κ3) is 9.35. The summed E-state index contributed by atoms with van der Waals surface area (Å²) in [6.45, 7) is 0.465. The first kappa shape index (κ1) is 10.9. The molecule has 3 nitrogen and oxygen atoms in total. The van der Waals surface area contributed by atoms with Crippen LogP contribution in [0.2, 0.25) is 0 Å². The van der Waals surface area contributed by atoms with Crippen molar-refractivity contribution in [1.29, 1.82) is 0 Å². The molecule has 4 heteroatoms. The van der Waals surface area contributed by atoms with Crippen molar-refractivity contribution in [1.82, 2.24) is 0 Å². The summed E-state index contributed by atoms with van der Waals surface area (Å²) in [6.07, 6.45) is 0.770. The number of rotatable bonds is 3. The molecule has 1 radical (unpaired) electrons. The van der Waals surface area contributed by atoms with Crippen molar-refractivity contribution in [3.8, 4) is 0 Å². The van der Waals surface area contributed by atoms with Crippen LogP contribution in [0.15, 0.2) is 0 Å². The molecule has 0 bridgehead atoms. The molecule has 0 aromatic carbocycles. The van der Waals surface area contributed by atoms with E-state index in [4.69, 9.17) is 10.8 Å². The van der Waals surface area contributed by atoms with E-state index < -0.39 is 5.97 Å². The third-order valence-electron chi connectivity index (χ3n) is 0.595. The quantitative estimate of drug-likeness (QED) is 0.593. The fourth-order valence-electron chi connectivity index (χ4n) is 0.253. The van der Waals surface area contributed by atoms with E-state index in [0.717, 1.165) is 0 Å². The van der Waals surface area contributed by atoms with Gasteiger partial charge in [0.25, 0.3) is 0 Å². The number of carboxylic acids is 1. The molecule has 0 amide bonds. The SMILES string of the molecule is NCCCC(=O)O.[Cr+3]. The molecule has 0 atom stereocenters. The predicted molar refractivity (Wildman–Crippen MR) is 25.9 cm³/mol. The summed E-state index contributed by atoms with van der Waals surface area (Å²) in [5.74, 6) is -0.773. The minimum atomic E-state index is -0.773. The largest absolute Gasteiger partial charge is 3.00 e. The molecule has 0 spiro atoms. The number of carbonyl (C=O) groups is 1. The maximum Gasteiger partial charge on any atom is 3.00 e. The second kappa shape index (κ2) is 6.96. The fourth-order valence-corrected chi connectivity index (χ4v) is 0.253. The van der Waals surface area contributed by atoms with E-state index >= 15 is 0 Å². The summed E-state index contributed by atoms with van der Waals surface area (Å²) >= 11 is 0. The van der Waals surface area contributed by atoms with Gasteiger partial charge in [-0.2, -0.15) is 0 Å². The van der Waals surface area contributed by atoms with Gasteiger partial charge in [0.2, 0.25) is 0 Å². The fraction of sp³-hybridized carbons (Fsp3) is 0.750. The minimum absolute atomic E-state index is 0. The van der Waals surface area contributed by atoms with E-state index in [-0.39, 0.29) is 23.8 Å². The first-order valence-corrected chi connectivity index (χ1v) is 2.19. The van der Waals surface area contributed by atoms with Crippen molar-refractivity contribution in [2.45, 2.75) is 12.8 Å². The molecule has 0 saturated carbocycles. The van der Waals surface area contributed by atoms with Crippen LogP contribution >= 0.6 is 0 Å². The van der Waals surface area contributed by atoms with Gasteiger partial charge in [-0.05, 0) is 13.0 Å². The van der Waals surface area contributed by atoms with Gasteiger partial charge in [0.15, 0.2) is 0 Å². The molecule has 0 aliphatic heterocycles. The monoisotopic (exact) mass is 155 g/mol. The zero-order valence-electron chi connectivity index (χ0n) is 4.46. The van der Waals surface area contributed by atoms with Crippen LogP contribution in [0.1, 0.15) is 12.8 Å². The number of carboxylic acid groups (broad SMARTS) is 1.